The predicted octanol–water partition coefficient (Wildman–Crippen LogP) is 0.0355. The fourth-order valence-corrected chi connectivity index (χ4v) is 2.93. The molecule has 1 amide bonds. The first-order chi connectivity index (χ1) is 8.19. The summed E-state index contributed by atoms with van der Waals surface area (Å²) in [5, 5.41) is 3.14. The van der Waals surface area contributed by atoms with Crippen LogP contribution in [0.3, 0.4) is 0 Å². The van der Waals surface area contributed by atoms with Crippen molar-refractivity contribution in [3.05, 3.63) is 0 Å². The number of carbonyl (C=O) groups excluding carboxylic acids is 1. The molecule has 2 atom stereocenters. The van der Waals surface area contributed by atoms with Gasteiger partial charge in [-0.25, -0.2) is 0 Å². The maximum absolute atomic E-state index is 11.6. The second-order valence-electron chi connectivity index (χ2n) is 4.99. The van der Waals surface area contributed by atoms with Crippen LogP contribution in [0.2, 0.25) is 0 Å². The molecule has 5 heteroatoms. The summed E-state index contributed by atoms with van der Waals surface area (Å²) in [6.07, 6.45) is 4.10. The summed E-state index contributed by atoms with van der Waals surface area (Å²) in [4.78, 5) is 11.6. The van der Waals surface area contributed by atoms with Crippen LogP contribution in [-0.4, -0.2) is 44.4 Å². The SMILES string of the molecule is CNC1(C(N)=O)CCCC1CCOC1COC1. The van der Waals surface area contributed by atoms with Crippen LogP contribution >= 0.6 is 0 Å². The summed E-state index contributed by atoms with van der Waals surface area (Å²) in [5.74, 6) is 0.0699. The van der Waals surface area contributed by atoms with Crippen molar-refractivity contribution in [1.29, 1.82) is 0 Å². The van der Waals surface area contributed by atoms with Crippen molar-refractivity contribution in [1.82, 2.24) is 5.32 Å². The van der Waals surface area contributed by atoms with Crippen molar-refractivity contribution in [2.24, 2.45) is 11.7 Å². The van der Waals surface area contributed by atoms with E-state index in [1.54, 1.807) is 0 Å². The molecule has 1 aliphatic carbocycles. The average molecular weight is 242 g/mol. The van der Waals surface area contributed by atoms with Gasteiger partial charge in [0.1, 0.15) is 11.6 Å². The Morgan fingerprint density at radius 2 is 2.35 bits per heavy atom. The average Bonchev–Trinajstić information content (AvgIpc) is 2.66. The van der Waals surface area contributed by atoms with E-state index in [2.05, 4.69) is 5.32 Å². The number of nitrogens with one attached hydrogen (secondary N) is 1. The third-order valence-corrected chi connectivity index (χ3v) is 4.13. The molecule has 0 aromatic heterocycles. The molecule has 2 unspecified atom stereocenters. The summed E-state index contributed by atoms with van der Waals surface area (Å²) in [5.41, 5.74) is 5.03. The van der Waals surface area contributed by atoms with Gasteiger partial charge in [0.05, 0.1) is 13.2 Å². The molecule has 0 radical (unpaired) electrons. The van der Waals surface area contributed by atoms with Gasteiger partial charge in [-0.2, -0.15) is 0 Å². The maximum Gasteiger partial charge on any atom is 0.238 e. The Hall–Kier alpha value is -0.650. The van der Waals surface area contributed by atoms with Crippen LogP contribution in [0.4, 0.5) is 0 Å². The van der Waals surface area contributed by atoms with Crippen LogP contribution < -0.4 is 11.1 Å². The Morgan fingerprint density at radius 1 is 1.59 bits per heavy atom. The van der Waals surface area contributed by atoms with E-state index in [1.165, 1.54) is 0 Å². The zero-order valence-corrected chi connectivity index (χ0v) is 10.4. The third kappa shape index (κ3) is 2.46. The van der Waals surface area contributed by atoms with Gasteiger partial charge in [0.25, 0.3) is 0 Å². The number of primary amides is 1. The van der Waals surface area contributed by atoms with Gasteiger partial charge in [-0.15, -0.1) is 0 Å². The van der Waals surface area contributed by atoms with E-state index < -0.39 is 5.54 Å². The van der Waals surface area contributed by atoms with Crippen molar-refractivity contribution >= 4 is 5.91 Å². The fourth-order valence-electron chi connectivity index (χ4n) is 2.93. The van der Waals surface area contributed by atoms with Crippen LogP contribution in [0.5, 0.6) is 0 Å². The van der Waals surface area contributed by atoms with Gasteiger partial charge in [0.2, 0.25) is 5.91 Å². The van der Waals surface area contributed by atoms with E-state index in [9.17, 15) is 4.79 Å². The van der Waals surface area contributed by atoms with Gasteiger partial charge in [-0.05, 0) is 32.2 Å². The number of hydrogen-bond donors (Lipinski definition) is 2. The van der Waals surface area contributed by atoms with E-state index in [1.807, 2.05) is 7.05 Å². The maximum atomic E-state index is 11.6. The molecule has 0 spiro atoms. The highest BCUT2D eigenvalue weighted by Crippen LogP contribution is 2.37. The zero-order chi connectivity index (χ0) is 12.3. The van der Waals surface area contributed by atoms with Crippen molar-refractivity contribution in [2.45, 2.75) is 37.3 Å². The van der Waals surface area contributed by atoms with E-state index in [-0.39, 0.29) is 12.0 Å². The highest BCUT2D eigenvalue weighted by atomic mass is 16.6. The summed E-state index contributed by atoms with van der Waals surface area (Å²) >= 11 is 0. The van der Waals surface area contributed by atoms with Crippen LogP contribution in [0.1, 0.15) is 25.7 Å². The van der Waals surface area contributed by atoms with E-state index in [0.29, 0.717) is 25.7 Å². The van der Waals surface area contributed by atoms with Crippen LogP contribution in [0.15, 0.2) is 0 Å². The molecule has 5 nitrogen and oxygen atoms in total. The fraction of sp³-hybridized carbons (Fsp3) is 0.917. The van der Waals surface area contributed by atoms with Crippen LogP contribution in [-0.2, 0) is 14.3 Å². The van der Waals surface area contributed by atoms with Gasteiger partial charge in [-0.3, -0.25) is 4.79 Å². The minimum absolute atomic E-state index is 0.227. The molecule has 0 bridgehead atoms. The van der Waals surface area contributed by atoms with E-state index in [4.69, 9.17) is 15.2 Å². The lowest BCUT2D eigenvalue weighted by molar-refractivity contribution is -0.134. The largest absolute Gasteiger partial charge is 0.376 e. The molecule has 98 valence electrons. The number of carbonyl (C=O) groups is 1. The minimum Gasteiger partial charge on any atom is -0.376 e. The number of rotatable bonds is 6. The Kier molecular flexibility index (Phi) is 4.01. The van der Waals surface area contributed by atoms with Gasteiger partial charge < -0.3 is 20.5 Å². The van der Waals surface area contributed by atoms with Crippen molar-refractivity contribution in [3.8, 4) is 0 Å². The highest BCUT2D eigenvalue weighted by Gasteiger charge is 2.46. The monoisotopic (exact) mass is 242 g/mol. The molecule has 1 saturated carbocycles. The molecule has 3 N–H and O–H groups in total. The first-order valence-corrected chi connectivity index (χ1v) is 6.37. The quantitative estimate of drug-likeness (QED) is 0.689. The van der Waals surface area contributed by atoms with E-state index in [0.717, 1.165) is 25.7 Å². The van der Waals surface area contributed by atoms with Crippen molar-refractivity contribution < 1.29 is 14.3 Å². The number of likely N-dealkylation sites (N-methyl/N-ethyl adjacent to an activating group) is 1. The second kappa shape index (κ2) is 5.33. The molecule has 0 aromatic carbocycles. The summed E-state index contributed by atoms with van der Waals surface area (Å²) in [6.45, 7) is 2.10. The third-order valence-electron chi connectivity index (χ3n) is 4.13. The van der Waals surface area contributed by atoms with Gasteiger partial charge in [-0.1, -0.05) is 6.42 Å². The summed E-state index contributed by atoms with van der Waals surface area (Å²) < 4.78 is 10.7. The topological polar surface area (TPSA) is 73.6 Å². The standard InChI is InChI=1S/C12H22N2O3/c1-14-12(11(13)15)5-2-3-9(12)4-6-17-10-7-16-8-10/h9-10,14H,2-8H2,1H3,(H2,13,15). The van der Waals surface area contributed by atoms with Crippen molar-refractivity contribution in [2.75, 3.05) is 26.9 Å². The molecule has 2 fully saturated rings. The molecule has 2 rings (SSSR count). The van der Waals surface area contributed by atoms with Gasteiger partial charge in [0, 0.05) is 6.61 Å². The minimum atomic E-state index is -0.514. The lowest BCUT2D eigenvalue weighted by atomic mass is 9.84. The van der Waals surface area contributed by atoms with Crippen LogP contribution in [0, 0.1) is 5.92 Å². The number of nitrogens with two attached hydrogens (primary N) is 1. The second-order valence-corrected chi connectivity index (χ2v) is 4.99. The predicted molar refractivity (Wildman–Crippen MR) is 63.5 cm³/mol. The first kappa shape index (κ1) is 12.8. The molecular weight excluding hydrogens is 220 g/mol. The van der Waals surface area contributed by atoms with Gasteiger partial charge in [0.15, 0.2) is 0 Å². The Balaban J connectivity index is 1.83. The smallest absolute Gasteiger partial charge is 0.238 e. The molecule has 1 heterocycles. The number of hydrogen-bond acceptors (Lipinski definition) is 4. The molecule has 1 aliphatic heterocycles. The first-order valence-electron chi connectivity index (χ1n) is 6.37. The Bertz CT molecular complexity index is 281. The lowest BCUT2D eigenvalue weighted by Crippen LogP contribution is -2.56. The van der Waals surface area contributed by atoms with E-state index >= 15 is 0 Å². The zero-order valence-electron chi connectivity index (χ0n) is 10.4. The summed E-state index contributed by atoms with van der Waals surface area (Å²) in [6, 6.07) is 0. The number of ether oxygens (including phenoxy) is 2. The normalized spacial score (nSPS) is 33.6. The molecule has 0 aromatic rings. The molecule has 2 aliphatic rings. The highest BCUT2D eigenvalue weighted by molar-refractivity contribution is 5.85. The van der Waals surface area contributed by atoms with Gasteiger partial charge >= 0.3 is 0 Å². The van der Waals surface area contributed by atoms with Crippen molar-refractivity contribution in [3.63, 3.8) is 0 Å². The Morgan fingerprint density at radius 3 is 2.88 bits per heavy atom. The Labute approximate surface area is 102 Å². The van der Waals surface area contributed by atoms with Crippen LogP contribution in [0.25, 0.3) is 0 Å². The number of amides is 1. The summed E-state index contributed by atoms with van der Waals surface area (Å²) in [7, 11) is 1.82. The lowest BCUT2D eigenvalue weighted by Gasteiger charge is -2.33. The molecule has 17 heavy (non-hydrogen) atoms. The molecular formula is C12H22N2O3. The molecule has 1 saturated heterocycles.